The van der Waals surface area contributed by atoms with Gasteiger partial charge in [-0.15, -0.1) is 19.7 Å². The van der Waals surface area contributed by atoms with E-state index in [2.05, 4.69) is 19.7 Å². The predicted molar refractivity (Wildman–Crippen MR) is 219 cm³/mol. The monoisotopic (exact) mass is 799 g/mol. The second-order valence-corrected chi connectivity index (χ2v) is 15.0. The van der Waals surface area contributed by atoms with E-state index in [1.807, 2.05) is 18.2 Å². The summed E-state index contributed by atoms with van der Waals surface area (Å²) in [4.78, 5) is 36.1. The number of carbonyl (C=O) groups is 3. The van der Waals surface area contributed by atoms with Crippen LogP contribution in [0.3, 0.4) is 0 Å². The summed E-state index contributed by atoms with van der Waals surface area (Å²) in [5.41, 5.74) is -1.14. The van der Waals surface area contributed by atoms with Gasteiger partial charge in [-0.3, -0.25) is 14.4 Å². The molecule has 1 heterocycles. The zero-order valence-electron chi connectivity index (χ0n) is 34.5. The Labute approximate surface area is 337 Å². The van der Waals surface area contributed by atoms with Crippen molar-refractivity contribution in [2.24, 2.45) is 5.41 Å². The first-order valence-electron chi connectivity index (χ1n) is 21.3. The Morgan fingerprint density at radius 1 is 0.607 bits per heavy atom. The molecule has 0 radical (unpaired) electrons. The molecule has 1 fully saturated rings. The van der Waals surface area contributed by atoms with Gasteiger partial charge in [0.2, 0.25) is 0 Å². The summed E-state index contributed by atoms with van der Waals surface area (Å²) in [6.45, 7) is 9.21. The van der Waals surface area contributed by atoms with Crippen LogP contribution in [0.2, 0.25) is 0 Å². The molecule has 12 heteroatoms. The Balaban J connectivity index is 0.00000123. The first-order valence-corrected chi connectivity index (χ1v) is 21.3. The summed E-state index contributed by atoms with van der Waals surface area (Å²) in [5, 5.41) is 47.3. The van der Waals surface area contributed by atoms with Crippen molar-refractivity contribution in [3.63, 3.8) is 0 Å². The molecule has 0 saturated carbocycles. The van der Waals surface area contributed by atoms with Gasteiger partial charge >= 0.3 is 17.9 Å². The maximum atomic E-state index is 12.3. The van der Waals surface area contributed by atoms with Crippen molar-refractivity contribution in [2.75, 3.05) is 39.6 Å². The number of hydrogen-bond acceptors (Lipinski definition) is 12. The van der Waals surface area contributed by atoms with E-state index in [9.17, 15) is 24.6 Å². The first-order chi connectivity index (χ1) is 27.2. The Morgan fingerprint density at radius 3 is 1.41 bits per heavy atom. The Hall–Kier alpha value is -2.61. The molecule has 326 valence electrons. The molecule has 12 nitrogen and oxygen atoms in total. The number of esters is 3. The van der Waals surface area contributed by atoms with Crippen molar-refractivity contribution in [2.45, 2.75) is 179 Å². The topological polar surface area (TPSA) is 189 Å². The van der Waals surface area contributed by atoms with Gasteiger partial charge in [0, 0.05) is 19.3 Å². The molecular weight excluding hydrogens is 720 g/mol. The fourth-order valence-corrected chi connectivity index (χ4v) is 6.12. The van der Waals surface area contributed by atoms with Crippen molar-refractivity contribution in [3.05, 3.63) is 38.0 Å². The average molecular weight is 799 g/mol. The minimum atomic E-state index is -1.14. The second kappa shape index (κ2) is 36.7. The van der Waals surface area contributed by atoms with Crippen LogP contribution >= 0.6 is 0 Å². The molecule has 0 aromatic heterocycles. The van der Waals surface area contributed by atoms with E-state index in [1.165, 1.54) is 32.1 Å². The van der Waals surface area contributed by atoms with Crippen LogP contribution in [0.5, 0.6) is 0 Å². The van der Waals surface area contributed by atoms with Crippen LogP contribution in [-0.2, 0) is 33.3 Å². The van der Waals surface area contributed by atoms with Gasteiger partial charge in [-0.05, 0) is 57.8 Å². The molecule has 0 aromatic rings. The fraction of sp³-hybridized carbons (Fsp3) is 0.795. The fourth-order valence-electron chi connectivity index (χ4n) is 6.12. The number of rotatable bonds is 36. The highest BCUT2D eigenvalue weighted by Gasteiger charge is 2.45. The maximum Gasteiger partial charge on any atom is 0.306 e. The maximum absolute atomic E-state index is 12.3. The average Bonchev–Trinajstić information content (AvgIpc) is 3.56. The van der Waals surface area contributed by atoms with Crippen molar-refractivity contribution >= 4 is 17.9 Å². The van der Waals surface area contributed by atoms with E-state index in [4.69, 9.17) is 34.3 Å². The predicted octanol–water partition coefficient (Wildman–Crippen LogP) is 6.98. The van der Waals surface area contributed by atoms with Crippen molar-refractivity contribution in [1.82, 2.24) is 0 Å². The first kappa shape index (κ1) is 53.4. The smallest absolute Gasteiger partial charge is 0.306 e. The van der Waals surface area contributed by atoms with Crippen LogP contribution in [0.4, 0.5) is 0 Å². The van der Waals surface area contributed by atoms with Crippen LogP contribution in [-0.4, -0.2) is 107 Å². The van der Waals surface area contributed by atoms with Gasteiger partial charge in [0.05, 0.1) is 38.4 Å². The summed E-state index contributed by atoms with van der Waals surface area (Å²) in [7, 11) is 0. The van der Waals surface area contributed by atoms with E-state index in [0.29, 0.717) is 6.42 Å². The van der Waals surface area contributed by atoms with E-state index < -0.39 is 68.2 Å². The lowest BCUT2D eigenvalue weighted by Crippen LogP contribution is -2.45. The molecule has 0 unspecified atom stereocenters. The molecule has 0 bridgehead atoms. The number of allylic oxidation sites excluding steroid dienone is 3. The van der Waals surface area contributed by atoms with E-state index in [0.717, 1.165) is 103 Å². The van der Waals surface area contributed by atoms with E-state index in [-0.39, 0.29) is 32.0 Å². The number of hydrogen-bond donors (Lipinski definition) is 5. The number of aliphatic hydroxyl groups is 5. The van der Waals surface area contributed by atoms with Crippen LogP contribution in [0.15, 0.2) is 38.0 Å². The molecule has 1 aliphatic rings. The lowest BCUT2D eigenvalue weighted by atomic mass is 9.93. The molecule has 0 aromatic carbocycles. The zero-order chi connectivity index (χ0) is 41.7. The molecule has 1 rings (SSSR count). The minimum Gasteiger partial charge on any atom is -0.465 e. The molecule has 5 N–H and O–H groups in total. The van der Waals surface area contributed by atoms with Gasteiger partial charge in [0.25, 0.3) is 0 Å². The quantitative estimate of drug-likeness (QED) is 0.0190. The third kappa shape index (κ3) is 27.1. The molecule has 56 heavy (non-hydrogen) atoms. The van der Waals surface area contributed by atoms with Crippen LogP contribution in [0.1, 0.15) is 154 Å². The summed E-state index contributed by atoms with van der Waals surface area (Å²) < 4.78 is 21.4. The van der Waals surface area contributed by atoms with Crippen LogP contribution in [0, 0.1) is 5.41 Å². The van der Waals surface area contributed by atoms with Crippen LogP contribution < -0.4 is 0 Å². The molecular formula is C44H78O12. The highest BCUT2D eigenvalue weighted by molar-refractivity contribution is 5.70. The molecule has 1 saturated heterocycles. The second-order valence-electron chi connectivity index (χ2n) is 15.0. The normalized spacial score (nSPS) is 17.0. The number of aliphatic hydroxyl groups excluding tert-OH is 5. The van der Waals surface area contributed by atoms with Crippen molar-refractivity contribution < 1.29 is 58.9 Å². The highest BCUT2D eigenvalue weighted by atomic mass is 16.6. The largest absolute Gasteiger partial charge is 0.465 e. The Bertz CT molecular complexity index is 1010. The Kier molecular flexibility index (Phi) is 35.0. The van der Waals surface area contributed by atoms with Crippen LogP contribution in [0.25, 0.3) is 0 Å². The zero-order valence-corrected chi connectivity index (χ0v) is 34.5. The lowest BCUT2D eigenvalue weighted by molar-refractivity contribution is -0.171. The van der Waals surface area contributed by atoms with Gasteiger partial charge in [0.15, 0.2) is 12.2 Å². The number of carbonyl (C=O) groups excluding carboxylic acids is 3. The van der Waals surface area contributed by atoms with Gasteiger partial charge in [0.1, 0.15) is 18.8 Å². The van der Waals surface area contributed by atoms with E-state index >= 15 is 0 Å². The van der Waals surface area contributed by atoms with Gasteiger partial charge in [-0.25, -0.2) is 0 Å². The molecule has 4 atom stereocenters. The number of ether oxygens (including phenoxy) is 4. The summed E-state index contributed by atoms with van der Waals surface area (Å²) in [6.07, 6.45) is 24.8. The van der Waals surface area contributed by atoms with Gasteiger partial charge in [-0.2, -0.15) is 0 Å². The summed E-state index contributed by atoms with van der Waals surface area (Å²) in [5.74, 6) is -1.17. The third-order valence-corrected chi connectivity index (χ3v) is 9.92. The standard InChI is InChI=1S/C28H48O7.C16H30O5/c1-3-5-7-9-11-13-15-17-19-25(31)34-24(21-29)28-27(23(30)22-33-28)35-26(32)20-18-16-14-12-10-8-6-4-2;1-2-3-4-5-6-7-8-9-10-15(20)21-14-16(11-17,12-18)13-19/h3-4,23-24,27-30H,1-2,5-22H2;2,17-19H,1,3-14H2/t23-,24+,27+,28+;/m0./s1. The molecule has 0 amide bonds. The summed E-state index contributed by atoms with van der Waals surface area (Å²) >= 11 is 0. The molecule has 0 spiro atoms. The summed E-state index contributed by atoms with van der Waals surface area (Å²) in [6, 6.07) is 0. The number of unbranched alkanes of at least 4 members (excludes halogenated alkanes) is 18. The van der Waals surface area contributed by atoms with E-state index in [1.54, 1.807) is 0 Å². The molecule has 1 aliphatic heterocycles. The van der Waals surface area contributed by atoms with Gasteiger partial charge < -0.3 is 44.5 Å². The third-order valence-electron chi connectivity index (χ3n) is 9.92. The highest BCUT2D eigenvalue weighted by Crippen LogP contribution is 2.24. The SMILES string of the molecule is C=CCCCCCCCCC(=O)OCC(CO)(CO)CO.C=CCCCCCCCCC(=O)O[C@H]1[C@@H]([C@@H](CO)OC(=O)CCCCCCCCC=C)OC[C@@H]1O. The minimum absolute atomic E-state index is 0.0345. The Morgan fingerprint density at radius 2 is 1.00 bits per heavy atom. The molecule has 0 aliphatic carbocycles. The van der Waals surface area contributed by atoms with Gasteiger partial charge in [-0.1, -0.05) is 95.3 Å². The van der Waals surface area contributed by atoms with Crippen molar-refractivity contribution in [3.8, 4) is 0 Å². The lowest BCUT2D eigenvalue weighted by Gasteiger charge is -2.27. The van der Waals surface area contributed by atoms with Crippen molar-refractivity contribution in [1.29, 1.82) is 0 Å².